The molecule has 12 heteroatoms. The average molecular weight is 546 g/mol. The fraction of sp³-hybridized carbons (Fsp3) is 0.321. The van der Waals surface area contributed by atoms with Gasteiger partial charge in [-0.15, -0.1) is 0 Å². The topological polar surface area (TPSA) is 154 Å². The van der Waals surface area contributed by atoms with Crippen LogP contribution < -0.4 is 15.4 Å². The molecule has 2 aromatic carbocycles. The van der Waals surface area contributed by atoms with Gasteiger partial charge in [0.05, 0.1) is 30.5 Å². The molecular weight excluding hydrogens is 514 g/mol. The van der Waals surface area contributed by atoms with Crippen LogP contribution in [-0.4, -0.2) is 67.5 Å². The van der Waals surface area contributed by atoms with Gasteiger partial charge in [-0.2, -0.15) is 0 Å². The van der Waals surface area contributed by atoms with Crippen LogP contribution in [0.3, 0.4) is 0 Å². The monoisotopic (exact) mass is 545 g/mol. The van der Waals surface area contributed by atoms with Crippen molar-refractivity contribution in [2.24, 2.45) is 0 Å². The molecule has 1 aliphatic rings. The molecule has 3 heterocycles. The molecule has 12 nitrogen and oxygen atoms in total. The number of fused-ring (bicyclic) bond motifs is 1. The number of rotatable bonds is 6. The van der Waals surface area contributed by atoms with Crippen molar-refractivity contribution >= 4 is 40.6 Å². The molecule has 0 atom stereocenters. The normalized spacial score (nSPS) is 13.6. The van der Waals surface area contributed by atoms with E-state index in [4.69, 9.17) is 9.47 Å². The van der Waals surface area contributed by atoms with E-state index in [0.717, 1.165) is 11.1 Å². The van der Waals surface area contributed by atoms with Gasteiger partial charge in [0.15, 0.2) is 5.69 Å². The predicted octanol–water partition coefficient (Wildman–Crippen LogP) is 4.41. The number of H-pyrrole nitrogens is 2. The molecular formula is C28H31N7O5. The quantitative estimate of drug-likeness (QED) is 0.280. The Bertz CT molecular complexity index is 1590. The Morgan fingerprint density at radius 2 is 1.80 bits per heavy atom. The minimum absolute atomic E-state index is 0.00580. The summed E-state index contributed by atoms with van der Waals surface area (Å²) < 4.78 is 11.4. The number of likely N-dealkylation sites (tertiary alicyclic amines) is 1. The Labute approximate surface area is 230 Å². The molecule has 0 spiro atoms. The first-order valence-electron chi connectivity index (χ1n) is 12.8. The van der Waals surface area contributed by atoms with Crippen LogP contribution in [0, 0.1) is 13.8 Å². The molecule has 4 N–H and O–H groups in total. The molecule has 0 unspecified atom stereocenters. The van der Waals surface area contributed by atoms with Crippen molar-refractivity contribution in [3.05, 3.63) is 65.2 Å². The highest BCUT2D eigenvalue weighted by Crippen LogP contribution is 2.25. The number of anilines is 2. The van der Waals surface area contributed by atoms with Crippen molar-refractivity contribution < 1.29 is 23.9 Å². The van der Waals surface area contributed by atoms with Gasteiger partial charge in [-0.3, -0.25) is 14.9 Å². The molecule has 208 valence electrons. The SMILES string of the molecule is Cc1ccc(NC(=O)c2nc[nH]c2C(=O)Nc2nc3ccc(OC4CN(C(=O)OC(C)(C)C)C4)cc3[nH]2)c(C)c1. The first-order valence-corrected chi connectivity index (χ1v) is 12.8. The van der Waals surface area contributed by atoms with Crippen molar-refractivity contribution in [1.29, 1.82) is 0 Å². The lowest BCUT2D eigenvalue weighted by molar-refractivity contribution is -0.0221. The van der Waals surface area contributed by atoms with E-state index in [1.807, 2.05) is 52.8 Å². The molecule has 3 amide bonds. The molecule has 2 aromatic heterocycles. The number of nitrogens with one attached hydrogen (secondary N) is 4. The van der Waals surface area contributed by atoms with Crippen molar-refractivity contribution in [2.45, 2.75) is 46.3 Å². The molecule has 1 fully saturated rings. The van der Waals surface area contributed by atoms with E-state index in [9.17, 15) is 14.4 Å². The van der Waals surface area contributed by atoms with E-state index in [2.05, 4.69) is 30.6 Å². The summed E-state index contributed by atoms with van der Waals surface area (Å²) in [5.41, 5.74) is 3.30. The summed E-state index contributed by atoms with van der Waals surface area (Å²) in [7, 11) is 0. The first kappa shape index (κ1) is 26.7. The van der Waals surface area contributed by atoms with Crippen molar-refractivity contribution in [3.63, 3.8) is 0 Å². The van der Waals surface area contributed by atoms with Crippen LogP contribution in [0.25, 0.3) is 11.0 Å². The van der Waals surface area contributed by atoms with Crippen LogP contribution in [0.15, 0.2) is 42.7 Å². The van der Waals surface area contributed by atoms with Gasteiger partial charge in [0, 0.05) is 11.8 Å². The van der Waals surface area contributed by atoms with E-state index < -0.39 is 17.4 Å². The second kappa shape index (κ2) is 10.4. The molecule has 5 rings (SSSR count). The zero-order valence-corrected chi connectivity index (χ0v) is 22.9. The number of aromatic nitrogens is 4. The number of hydrogen-bond donors (Lipinski definition) is 4. The second-order valence-electron chi connectivity index (χ2n) is 10.7. The maximum absolute atomic E-state index is 13.0. The number of carbonyl (C=O) groups excluding carboxylic acids is 3. The van der Waals surface area contributed by atoms with Crippen LogP contribution >= 0.6 is 0 Å². The highest BCUT2D eigenvalue weighted by Gasteiger charge is 2.35. The summed E-state index contributed by atoms with van der Waals surface area (Å²) >= 11 is 0. The Kier molecular flexibility index (Phi) is 6.92. The maximum Gasteiger partial charge on any atom is 0.410 e. The zero-order valence-electron chi connectivity index (χ0n) is 22.9. The molecule has 0 bridgehead atoms. The van der Waals surface area contributed by atoms with Gasteiger partial charge in [0.25, 0.3) is 11.8 Å². The van der Waals surface area contributed by atoms with E-state index in [1.54, 1.807) is 23.1 Å². The van der Waals surface area contributed by atoms with Gasteiger partial charge in [0.1, 0.15) is 23.1 Å². The number of aromatic amines is 2. The van der Waals surface area contributed by atoms with Gasteiger partial charge >= 0.3 is 6.09 Å². The Morgan fingerprint density at radius 1 is 1.02 bits per heavy atom. The minimum atomic E-state index is -0.574. The van der Waals surface area contributed by atoms with Crippen LogP contribution in [0.4, 0.5) is 16.4 Å². The summed E-state index contributed by atoms with van der Waals surface area (Å²) in [6.07, 6.45) is 0.777. The molecule has 1 saturated heterocycles. The Morgan fingerprint density at radius 3 is 2.52 bits per heavy atom. The zero-order chi connectivity index (χ0) is 28.6. The van der Waals surface area contributed by atoms with Gasteiger partial charge < -0.3 is 29.7 Å². The van der Waals surface area contributed by atoms with E-state index in [-0.39, 0.29) is 29.5 Å². The van der Waals surface area contributed by atoms with E-state index in [1.165, 1.54) is 6.33 Å². The second-order valence-corrected chi connectivity index (χ2v) is 10.7. The minimum Gasteiger partial charge on any atom is -0.487 e. The summed E-state index contributed by atoms with van der Waals surface area (Å²) in [4.78, 5) is 53.8. The molecule has 1 aliphatic heterocycles. The smallest absolute Gasteiger partial charge is 0.410 e. The molecule has 0 aliphatic carbocycles. The third-order valence-corrected chi connectivity index (χ3v) is 6.20. The lowest BCUT2D eigenvalue weighted by Crippen LogP contribution is -2.57. The van der Waals surface area contributed by atoms with Crippen molar-refractivity contribution in [3.8, 4) is 5.75 Å². The van der Waals surface area contributed by atoms with Crippen LogP contribution in [0.5, 0.6) is 5.75 Å². The average Bonchev–Trinajstić information content (AvgIpc) is 3.48. The number of ether oxygens (including phenoxy) is 2. The summed E-state index contributed by atoms with van der Waals surface area (Å²) in [5.74, 6) is -0.282. The number of benzene rings is 2. The molecule has 4 aromatic rings. The summed E-state index contributed by atoms with van der Waals surface area (Å²) in [6.45, 7) is 10.2. The lowest BCUT2D eigenvalue weighted by atomic mass is 10.1. The molecule has 40 heavy (non-hydrogen) atoms. The van der Waals surface area contributed by atoms with Gasteiger partial charge in [-0.25, -0.2) is 14.8 Å². The number of aryl methyl sites for hydroxylation is 2. The standard InChI is InChI=1S/C28H31N7O5/c1-15-6-8-19(16(2)10-15)31-24(36)22-23(30-14-29-22)25(37)34-26-32-20-9-7-17(11-21(20)33-26)39-18-12-35(13-18)27(38)40-28(3,4)5/h6-11,14,18H,12-13H2,1-5H3,(H,29,30)(H,31,36)(H2,32,33,34,37). The first-order chi connectivity index (χ1) is 18.9. The number of hydrogen-bond acceptors (Lipinski definition) is 7. The van der Waals surface area contributed by atoms with Gasteiger partial charge in [-0.05, 0) is 58.4 Å². The Hall–Kier alpha value is -4.87. The van der Waals surface area contributed by atoms with Crippen molar-refractivity contribution in [2.75, 3.05) is 23.7 Å². The van der Waals surface area contributed by atoms with Crippen LogP contribution in [0.1, 0.15) is 52.9 Å². The third-order valence-electron chi connectivity index (χ3n) is 6.20. The van der Waals surface area contributed by atoms with Gasteiger partial charge in [-0.1, -0.05) is 17.7 Å². The number of imidazole rings is 2. The number of amides is 3. The fourth-order valence-electron chi connectivity index (χ4n) is 4.25. The number of nitrogens with zero attached hydrogens (tertiary/aromatic N) is 3. The predicted molar refractivity (Wildman–Crippen MR) is 149 cm³/mol. The fourth-order valence-corrected chi connectivity index (χ4v) is 4.25. The third kappa shape index (κ3) is 5.90. The highest BCUT2D eigenvalue weighted by atomic mass is 16.6. The van der Waals surface area contributed by atoms with Crippen LogP contribution in [-0.2, 0) is 4.74 Å². The van der Waals surface area contributed by atoms with Gasteiger partial charge in [0.2, 0.25) is 5.95 Å². The summed E-state index contributed by atoms with van der Waals surface area (Å²) in [6, 6.07) is 11.0. The molecule has 0 radical (unpaired) electrons. The number of carbonyl (C=O) groups is 3. The largest absolute Gasteiger partial charge is 0.487 e. The molecule has 0 saturated carbocycles. The lowest BCUT2D eigenvalue weighted by Gasteiger charge is -2.39. The summed E-state index contributed by atoms with van der Waals surface area (Å²) in [5, 5.41) is 5.48. The van der Waals surface area contributed by atoms with E-state index >= 15 is 0 Å². The highest BCUT2D eigenvalue weighted by molar-refractivity contribution is 6.13. The Balaban J connectivity index is 1.21. The van der Waals surface area contributed by atoms with E-state index in [0.29, 0.717) is 35.6 Å². The van der Waals surface area contributed by atoms with Crippen LogP contribution in [0.2, 0.25) is 0 Å². The maximum atomic E-state index is 13.0. The van der Waals surface area contributed by atoms with Crippen molar-refractivity contribution in [1.82, 2.24) is 24.8 Å².